The number of likely N-dealkylation sites (tertiary alicyclic amines) is 1. The summed E-state index contributed by atoms with van der Waals surface area (Å²) in [7, 11) is 0. The van der Waals surface area contributed by atoms with Crippen molar-refractivity contribution in [2.45, 2.75) is 25.2 Å². The van der Waals surface area contributed by atoms with Gasteiger partial charge in [-0.3, -0.25) is 14.4 Å². The summed E-state index contributed by atoms with van der Waals surface area (Å²) in [6, 6.07) is 9.94. The van der Waals surface area contributed by atoms with E-state index >= 15 is 0 Å². The Hall–Kier alpha value is -2.97. The summed E-state index contributed by atoms with van der Waals surface area (Å²) in [6.07, 6.45) is 2.55. The molecule has 190 valence electrons. The largest absolute Gasteiger partial charge is 0.384 e. The highest BCUT2D eigenvalue weighted by Crippen LogP contribution is 2.37. The zero-order chi connectivity index (χ0) is 25.2. The molecule has 1 unspecified atom stereocenters. The number of nitrogens with one attached hydrogen (secondary N) is 1. The summed E-state index contributed by atoms with van der Waals surface area (Å²) >= 11 is 6.49. The van der Waals surface area contributed by atoms with E-state index in [0.717, 1.165) is 24.8 Å². The number of carbonyl (C=O) groups is 3. The van der Waals surface area contributed by atoms with Gasteiger partial charge in [0.25, 0.3) is 11.8 Å². The molecular weight excluding hydrogens is 485 g/mol. The second-order valence-corrected chi connectivity index (χ2v) is 10.1. The van der Waals surface area contributed by atoms with E-state index in [-0.39, 0.29) is 11.7 Å². The van der Waals surface area contributed by atoms with Crippen molar-refractivity contribution in [3.63, 3.8) is 0 Å². The highest BCUT2D eigenvalue weighted by molar-refractivity contribution is 6.39. The van der Waals surface area contributed by atoms with Crippen LogP contribution < -0.4 is 5.32 Å². The van der Waals surface area contributed by atoms with E-state index < -0.39 is 17.6 Å². The first kappa shape index (κ1) is 24.7. The van der Waals surface area contributed by atoms with Crippen molar-refractivity contribution in [3.8, 4) is 0 Å². The molecule has 1 N–H and O–H groups in total. The number of rotatable bonds is 5. The number of hydrogen-bond acceptors (Lipinski definition) is 5. The maximum Gasteiger partial charge on any atom is 0.290 e. The van der Waals surface area contributed by atoms with Crippen molar-refractivity contribution in [2.75, 3.05) is 51.3 Å². The normalized spacial score (nSPS) is 20.1. The molecule has 3 aliphatic heterocycles. The summed E-state index contributed by atoms with van der Waals surface area (Å²) in [6.45, 7) is 3.16. The van der Waals surface area contributed by atoms with Crippen molar-refractivity contribution >= 4 is 34.9 Å². The molecule has 5 rings (SSSR count). The second-order valence-electron chi connectivity index (χ2n) is 9.69. The van der Waals surface area contributed by atoms with Crippen molar-refractivity contribution in [1.82, 2.24) is 9.80 Å². The predicted octanol–water partition coefficient (Wildman–Crippen LogP) is 3.51. The molecule has 2 amide bonds. The number of piperidine rings is 1. The highest BCUT2D eigenvalue weighted by Gasteiger charge is 2.37. The van der Waals surface area contributed by atoms with Crippen molar-refractivity contribution < 1.29 is 23.5 Å². The summed E-state index contributed by atoms with van der Waals surface area (Å²) in [4.78, 5) is 42.6. The fourth-order valence-corrected chi connectivity index (χ4v) is 5.53. The number of ether oxygens (including phenoxy) is 1. The molecule has 0 spiro atoms. The molecule has 1 atom stereocenters. The van der Waals surface area contributed by atoms with Crippen LogP contribution in [0.15, 0.2) is 36.4 Å². The number of nitrogens with zero attached hydrogens (tertiary/aromatic N) is 2. The SMILES string of the molecule is O=C(C(=O)N1CCOCC1)C1CNc2cc(Cl)c(C(=O)N3CCC(Cc4ccc(F)cc4)CC3)cc21. The number of Topliss-reactive ketones (excluding diaryl/α,β-unsaturated/α-hetero) is 1. The van der Waals surface area contributed by atoms with E-state index in [0.29, 0.717) is 73.7 Å². The van der Waals surface area contributed by atoms with Crippen molar-refractivity contribution in [3.05, 3.63) is 63.9 Å². The van der Waals surface area contributed by atoms with E-state index in [1.807, 2.05) is 12.1 Å². The summed E-state index contributed by atoms with van der Waals surface area (Å²) in [5.41, 5.74) is 2.77. The van der Waals surface area contributed by atoms with Crippen LogP contribution in [0.4, 0.5) is 10.1 Å². The number of amides is 2. The van der Waals surface area contributed by atoms with Crippen LogP contribution in [0.25, 0.3) is 0 Å². The zero-order valence-corrected chi connectivity index (χ0v) is 20.7. The van der Waals surface area contributed by atoms with Crippen LogP contribution in [-0.4, -0.2) is 73.3 Å². The average Bonchev–Trinajstić information content (AvgIpc) is 3.31. The Kier molecular flexibility index (Phi) is 7.25. The van der Waals surface area contributed by atoms with Gasteiger partial charge in [-0.1, -0.05) is 23.7 Å². The lowest BCUT2D eigenvalue weighted by atomic mass is 9.89. The van der Waals surface area contributed by atoms with Crippen LogP contribution in [0.2, 0.25) is 5.02 Å². The number of hydrogen-bond donors (Lipinski definition) is 1. The summed E-state index contributed by atoms with van der Waals surface area (Å²) in [5, 5.41) is 3.48. The third-order valence-electron chi connectivity index (χ3n) is 7.41. The third kappa shape index (κ3) is 5.11. The molecule has 2 saturated heterocycles. The lowest BCUT2D eigenvalue weighted by Crippen LogP contribution is -2.45. The Morgan fingerprint density at radius 3 is 2.39 bits per heavy atom. The standard InChI is InChI=1S/C27H29ClFN3O4/c28-23-15-24-20(22(16-30-24)25(33)27(35)32-9-11-36-12-10-32)14-21(23)26(34)31-7-5-18(6-8-31)13-17-1-3-19(29)4-2-17/h1-4,14-15,18,22,30H,5-13,16H2. The fraction of sp³-hybridized carbons (Fsp3) is 0.444. The molecule has 9 heteroatoms. The van der Waals surface area contributed by atoms with Gasteiger partial charge in [0.1, 0.15) is 5.82 Å². The van der Waals surface area contributed by atoms with Gasteiger partial charge in [0.05, 0.1) is 29.7 Å². The topological polar surface area (TPSA) is 79.0 Å². The molecule has 2 aromatic carbocycles. The number of anilines is 1. The van der Waals surface area contributed by atoms with Gasteiger partial charge in [-0.15, -0.1) is 0 Å². The zero-order valence-electron chi connectivity index (χ0n) is 20.0. The Balaban J connectivity index is 1.25. The van der Waals surface area contributed by atoms with Crippen LogP contribution >= 0.6 is 11.6 Å². The number of morpholine rings is 1. The molecule has 3 heterocycles. The average molecular weight is 514 g/mol. The van der Waals surface area contributed by atoms with Gasteiger partial charge in [0, 0.05) is 38.4 Å². The number of halogens is 2. The minimum absolute atomic E-state index is 0.166. The first-order chi connectivity index (χ1) is 17.4. The molecule has 0 bridgehead atoms. The molecule has 2 fully saturated rings. The van der Waals surface area contributed by atoms with Crippen LogP contribution in [0.1, 0.15) is 40.2 Å². The van der Waals surface area contributed by atoms with E-state index in [2.05, 4.69) is 5.32 Å². The van der Waals surface area contributed by atoms with Crippen molar-refractivity contribution in [2.24, 2.45) is 5.92 Å². The number of ketones is 1. The first-order valence-electron chi connectivity index (χ1n) is 12.4. The van der Waals surface area contributed by atoms with Gasteiger partial charge in [0.15, 0.2) is 0 Å². The molecule has 3 aliphatic rings. The van der Waals surface area contributed by atoms with E-state index in [9.17, 15) is 18.8 Å². The van der Waals surface area contributed by atoms with E-state index in [4.69, 9.17) is 16.3 Å². The first-order valence-corrected chi connectivity index (χ1v) is 12.8. The lowest BCUT2D eigenvalue weighted by Gasteiger charge is -2.32. The minimum Gasteiger partial charge on any atom is -0.384 e. The van der Waals surface area contributed by atoms with Gasteiger partial charge in [0.2, 0.25) is 5.78 Å². The smallest absolute Gasteiger partial charge is 0.290 e. The highest BCUT2D eigenvalue weighted by atomic mass is 35.5. The van der Waals surface area contributed by atoms with Crippen LogP contribution in [0, 0.1) is 11.7 Å². The molecular formula is C27H29ClFN3O4. The quantitative estimate of drug-likeness (QED) is 0.619. The van der Waals surface area contributed by atoms with Gasteiger partial charge in [-0.2, -0.15) is 0 Å². The van der Waals surface area contributed by atoms with E-state index in [1.54, 1.807) is 17.0 Å². The second kappa shape index (κ2) is 10.6. The van der Waals surface area contributed by atoms with Crippen molar-refractivity contribution in [1.29, 1.82) is 0 Å². The maximum absolute atomic E-state index is 13.4. The molecule has 2 aromatic rings. The van der Waals surface area contributed by atoms with Gasteiger partial charge < -0.3 is 19.9 Å². The van der Waals surface area contributed by atoms with Gasteiger partial charge in [-0.05, 0) is 60.6 Å². The summed E-state index contributed by atoms with van der Waals surface area (Å²) < 4.78 is 18.5. The van der Waals surface area contributed by atoms with Crippen LogP contribution in [-0.2, 0) is 20.7 Å². The molecule has 36 heavy (non-hydrogen) atoms. The summed E-state index contributed by atoms with van der Waals surface area (Å²) in [5.74, 6) is -1.63. The third-order valence-corrected chi connectivity index (χ3v) is 7.72. The lowest BCUT2D eigenvalue weighted by molar-refractivity contribution is -0.147. The van der Waals surface area contributed by atoms with Crippen LogP contribution in [0.5, 0.6) is 0 Å². The number of carbonyl (C=O) groups excluding carboxylic acids is 3. The van der Waals surface area contributed by atoms with E-state index in [1.165, 1.54) is 17.0 Å². The molecule has 0 aromatic heterocycles. The monoisotopic (exact) mass is 513 g/mol. The molecule has 0 aliphatic carbocycles. The number of fused-ring (bicyclic) bond motifs is 1. The minimum atomic E-state index is -0.652. The molecule has 0 radical (unpaired) electrons. The molecule has 7 nitrogen and oxygen atoms in total. The number of benzene rings is 2. The predicted molar refractivity (Wildman–Crippen MR) is 134 cm³/mol. The van der Waals surface area contributed by atoms with Gasteiger partial charge in [-0.25, -0.2) is 4.39 Å². The van der Waals surface area contributed by atoms with Gasteiger partial charge >= 0.3 is 0 Å². The fourth-order valence-electron chi connectivity index (χ4n) is 5.29. The Morgan fingerprint density at radius 1 is 1.00 bits per heavy atom. The Bertz CT molecular complexity index is 1160. The Morgan fingerprint density at radius 2 is 1.69 bits per heavy atom. The Labute approximate surface area is 214 Å². The molecule has 0 saturated carbocycles. The maximum atomic E-state index is 13.4. The van der Waals surface area contributed by atoms with Crippen LogP contribution in [0.3, 0.4) is 0 Å².